The van der Waals surface area contributed by atoms with Crippen molar-refractivity contribution < 1.29 is 4.74 Å². The number of ether oxygens (including phenoxy) is 1. The smallest absolute Gasteiger partial charge is 0.239 e. The molecule has 0 spiro atoms. The molecule has 100 valence electrons. The highest BCUT2D eigenvalue weighted by molar-refractivity contribution is 6.42. The SMILES string of the molecule is CCCc1ccc(Oc2nc(Cl)c(Cl)cc2Cl)cc1. The quantitative estimate of drug-likeness (QED) is 0.666. The van der Waals surface area contributed by atoms with E-state index in [0.29, 0.717) is 15.8 Å². The zero-order valence-corrected chi connectivity index (χ0v) is 12.6. The summed E-state index contributed by atoms with van der Waals surface area (Å²) in [5.74, 6) is 0.909. The number of pyridine rings is 1. The predicted octanol–water partition coefficient (Wildman–Crippen LogP) is 5.79. The third-order valence-corrected chi connectivity index (χ3v) is 3.47. The summed E-state index contributed by atoms with van der Waals surface area (Å²) in [4.78, 5) is 4.01. The van der Waals surface area contributed by atoms with Crippen LogP contribution < -0.4 is 4.74 Å². The second kappa shape index (κ2) is 6.47. The molecule has 0 unspecified atom stereocenters. The first-order chi connectivity index (χ1) is 9.10. The van der Waals surface area contributed by atoms with Gasteiger partial charge in [0.05, 0.1) is 5.02 Å². The summed E-state index contributed by atoms with van der Waals surface area (Å²) in [5.41, 5.74) is 1.27. The zero-order valence-electron chi connectivity index (χ0n) is 10.3. The van der Waals surface area contributed by atoms with Gasteiger partial charge in [-0.15, -0.1) is 0 Å². The van der Waals surface area contributed by atoms with Crippen molar-refractivity contribution in [3.05, 3.63) is 51.1 Å². The van der Waals surface area contributed by atoms with E-state index >= 15 is 0 Å². The van der Waals surface area contributed by atoms with Crippen LogP contribution in [0.25, 0.3) is 0 Å². The Hall–Kier alpha value is -0.960. The average molecular weight is 317 g/mol. The molecule has 19 heavy (non-hydrogen) atoms. The van der Waals surface area contributed by atoms with Gasteiger partial charge in [0.25, 0.3) is 0 Å². The highest BCUT2D eigenvalue weighted by atomic mass is 35.5. The van der Waals surface area contributed by atoms with Gasteiger partial charge in [-0.2, -0.15) is 4.98 Å². The van der Waals surface area contributed by atoms with Crippen molar-refractivity contribution in [1.82, 2.24) is 4.98 Å². The molecule has 2 aromatic rings. The molecule has 0 aliphatic heterocycles. The van der Waals surface area contributed by atoms with E-state index in [1.807, 2.05) is 24.3 Å². The Morgan fingerprint density at radius 2 is 1.74 bits per heavy atom. The number of aromatic nitrogens is 1. The molecule has 1 aromatic heterocycles. The van der Waals surface area contributed by atoms with E-state index in [1.54, 1.807) is 0 Å². The summed E-state index contributed by atoms with van der Waals surface area (Å²) in [7, 11) is 0. The topological polar surface area (TPSA) is 22.1 Å². The molecule has 0 radical (unpaired) electrons. The van der Waals surface area contributed by atoms with Crippen LogP contribution in [-0.2, 0) is 6.42 Å². The highest BCUT2D eigenvalue weighted by Gasteiger charge is 2.10. The zero-order chi connectivity index (χ0) is 13.8. The maximum atomic E-state index is 6.00. The number of hydrogen-bond donors (Lipinski definition) is 0. The van der Waals surface area contributed by atoms with Gasteiger partial charge in [-0.25, -0.2) is 0 Å². The summed E-state index contributed by atoms with van der Waals surface area (Å²) >= 11 is 17.6. The molecule has 2 nitrogen and oxygen atoms in total. The minimum Gasteiger partial charge on any atom is -0.437 e. The van der Waals surface area contributed by atoms with Crippen LogP contribution in [0, 0.1) is 0 Å². The molecule has 0 aliphatic rings. The molecule has 2 rings (SSSR count). The summed E-state index contributed by atoms with van der Waals surface area (Å²) in [6, 6.07) is 9.31. The molecule has 5 heteroatoms. The van der Waals surface area contributed by atoms with Crippen LogP contribution in [0.1, 0.15) is 18.9 Å². The Morgan fingerprint density at radius 3 is 2.37 bits per heavy atom. The van der Waals surface area contributed by atoms with E-state index in [-0.39, 0.29) is 11.0 Å². The standard InChI is InChI=1S/C14H12Cl3NO/c1-2-3-9-4-6-10(7-5-9)19-14-12(16)8-11(15)13(17)18-14/h4-8H,2-3H2,1H3. The average Bonchev–Trinajstić information content (AvgIpc) is 2.38. The molecule has 0 aliphatic carbocycles. The maximum absolute atomic E-state index is 6.00. The number of hydrogen-bond acceptors (Lipinski definition) is 2. The monoisotopic (exact) mass is 315 g/mol. The van der Waals surface area contributed by atoms with E-state index in [9.17, 15) is 0 Å². The van der Waals surface area contributed by atoms with Gasteiger partial charge < -0.3 is 4.74 Å². The van der Waals surface area contributed by atoms with Crippen molar-refractivity contribution in [3.63, 3.8) is 0 Å². The molecule has 0 amide bonds. The van der Waals surface area contributed by atoms with Crippen LogP contribution in [0.5, 0.6) is 11.6 Å². The molecule has 1 aromatic carbocycles. The van der Waals surface area contributed by atoms with Crippen molar-refractivity contribution in [2.75, 3.05) is 0 Å². The molecule has 0 N–H and O–H groups in total. The molecular formula is C14H12Cl3NO. The van der Waals surface area contributed by atoms with E-state index < -0.39 is 0 Å². The van der Waals surface area contributed by atoms with E-state index in [0.717, 1.165) is 12.8 Å². The largest absolute Gasteiger partial charge is 0.437 e. The third-order valence-electron chi connectivity index (χ3n) is 2.53. The van der Waals surface area contributed by atoms with Gasteiger partial charge in [0, 0.05) is 0 Å². The molecule has 0 atom stereocenters. The molecular weight excluding hydrogens is 305 g/mol. The first-order valence-corrected chi connectivity index (χ1v) is 7.02. The second-order valence-electron chi connectivity index (χ2n) is 4.04. The van der Waals surface area contributed by atoms with Crippen LogP contribution >= 0.6 is 34.8 Å². The minimum absolute atomic E-state index is 0.170. The van der Waals surface area contributed by atoms with E-state index in [4.69, 9.17) is 39.5 Å². The summed E-state index contributed by atoms with van der Waals surface area (Å²) < 4.78 is 5.59. The van der Waals surface area contributed by atoms with Crippen LogP contribution in [0.15, 0.2) is 30.3 Å². The molecule has 1 heterocycles. The number of nitrogens with zero attached hydrogens (tertiary/aromatic N) is 1. The lowest BCUT2D eigenvalue weighted by Crippen LogP contribution is -1.91. The normalized spacial score (nSPS) is 10.5. The van der Waals surface area contributed by atoms with Gasteiger partial charge in [-0.1, -0.05) is 60.3 Å². The van der Waals surface area contributed by atoms with Crippen molar-refractivity contribution in [2.45, 2.75) is 19.8 Å². The summed E-state index contributed by atoms with van der Waals surface area (Å²) in [5, 5.41) is 0.799. The van der Waals surface area contributed by atoms with Crippen molar-refractivity contribution in [1.29, 1.82) is 0 Å². The molecule has 0 saturated carbocycles. The Labute approximate surface area is 127 Å². The second-order valence-corrected chi connectivity index (χ2v) is 5.22. The van der Waals surface area contributed by atoms with E-state index in [1.165, 1.54) is 11.6 Å². The van der Waals surface area contributed by atoms with E-state index in [2.05, 4.69) is 11.9 Å². The fourth-order valence-corrected chi connectivity index (χ4v) is 2.15. The third kappa shape index (κ3) is 3.75. The van der Waals surface area contributed by atoms with Crippen LogP contribution in [0.3, 0.4) is 0 Å². The summed E-state index contributed by atoms with van der Waals surface area (Å²) in [6.07, 6.45) is 2.16. The van der Waals surface area contributed by atoms with Crippen molar-refractivity contribution in [2.24, 2.45) is 0 Å². The lowest BCUT2D eigenvalue weighted by atomic mass is 10.1. The minimum atomic E-state index is 0.170. The van der Waals surface area contributed by atoms with Gasteiger partial charge in [-0.3, -0.25) is 0 Å². The van der Waals surface area contributed by atoms with Crippen LogP contribution in [0.2, 0.25) is 15.2 Å². The predicted molar refractivity (Wildman–Crippen MR) is 79.8 cm³/mol. The van der Waals surface area contributed by atoms with Crippen LogP contribution in [0.4, 0.5) is 0 Å². The Balaban J connectivity index is 2.19. The van der Waals surface area contributed by atoms with Gasteiger partial charge in [0.1, 0.15) is 10.8 Å². The van der Waals surface area contributed by atoms with Crippen molar-refractivity contribution >= 4 is 34.8 Å². The highest BCUT2D eigenvalue weighted by Crippen LogP contribution is 2.33. The Morgan fingerprint density at radius 1 is 1.05 bits per heavy atom. The lowest BCUT2D eigenvalue weighted by Gasteiger charge is -2.08. The fourth-order valence-electron chi connectivity index (χ4n) is 1.62. The molecule has 0 fully saturated rings. The van der Waals surface area contributed by atoms with Crippen LogP contribution in [-0.4, -0.2) is 4.98 Å². The maximum Gasteiger partial charge on any atom is 0.239 e. The number of halogens is 3. The lowest BCUT2D eigenvalue weighted by molar-refractivity contribution is 0.463. The van der Waals surface area contributed by atoms with Gasteiger partial charge >= 0.3 is 0 Å². The first kappa shape index (κ1) is 14.4. The molecule has 0 saturated heterocycles. The number of aryl methyl sites for hydroxylation is 1. The summed E-state index contributed by atoms with van der Waals surface area (Å²) in [6.45, 7) is 2.14. The number of rotatable bonds is 4. The molecule has 0 bridgehead atoms. The van der Waals surface area contributed by atoms with Gasteiger partial charge in [0.15, 0.2) is 5.15 Å². The van der Waals surface area contributed by atoms with Gasteiger partial charge in [0.2, 0.25) is 5.88 Å². The Kier molecular flexibility index (Phi) is 4.92. The number of benzene rings is 1. The van der Waals surface area contributed by atoms with Crippen molar-refractivity contribution in [3.8, 4) is 11.6 Å². The first-order valence-electron chi connectivity index (χ1n) is 5.88. The fraction of sp³-hybridized carbons (Fsp3) is 0.214. The van der Waals surface area contributed by atoms with Gasteiger partial charge in [-0.05, 0) is 30.2 Å². The Bertz CT molecular complexity index is 570.